The Morgan fingerprint density at radius 1 is 0.473 bits per heavy atom. The van der Waals surface area contributed by atoms with Gasteiger partial charge in [0.15, 0.2) is 6.10 Å². The number of amides is 2. The van der Waals surface area contributed by atoms with Gasteiger partial charge in [0.1, 0.15) is 6.61 Å². The quantitative estimate of drug-likeness (QED) is 0.00363. The molecule has 6 N–H and O–H groups in total. The molecule has 2 amide bonds. The summed E-state index contributed by atoms with van der Waals surface area (Å²) in [5.41, 5.74) is 4.70. The molecule has 0 aromatic heterocycles. The zero-order chi connectivity index (χ0) is 80.3. The fraction of sp³-hybridized carbons (Fsp3) is 0.854. The number of rotatable bonds is 72. The van der Waals surface area contributed by atoms with Gasteiger partial charge in [-0.3, -0.25) is 4.79 Å². The number of aliphatic hydroxyl groups is 2. The van der Waals surface area contributed by atoms with Gasteiger partial charge < -0.3 is 62.2 Å². The maximum atomic E-state index is 12.4. The van der Waals surface area contributed by atoms with Crippen molar-refractivity contribution in [2.45, 2.75) is 407 Å². The molecule has 2 atom stereocenters. The first kappa shape index (κ1) is 126. The van der Waals surface area contributed by atoms with E-state index in [-0.39, 0.29) is 87.7 Å². The Kier molecular flexibility index (Phi) is 138. The van der Waals surface area contributed by atoms with Crippen LogP contribution in [0.4, 0.5) is 14.4 Å². The number of aliphatic imine (C=N–C) groups is 1. The minimum absolute atomic E-state index is 0. The molecule has 0 aromatic carbocycles. The maximum absolute atomic E-state index is 12.4. The minimum Gasteiger partial charge on any atom is -1.00 e. The molecule has 110 heavy (non-hydrogen) atoms. The van der Waals surface area contributed by atoms with Gasteiger partial charge in [-0.05, 0) is 163 Å². The van der Waals surface area contributed by atoms with Crippen LogP contribution >= 0.6 is 11.6 Å². The summed E-state index contributed by atoms with van der Waals surface area (Å²) in [7, 11) is 8.73. The van der Waals surface area contributed by atoms with E-state index in [0.717, 1.165) is 38.6 Å². The van der Waals surface area contributed by atoms with Crippen LogP contribution in [0.3, 0.4) is 0 Å². The number of ether oxygens (including phenoxy) is 3. The van der Waals surface area contributed by atoms with Gasteiger partial charge in [0, 0.05) is 37.8 Å². The number of nitrogens with one attached hydrogen (secondary N) is 2. The number of halogens is 1. The van der Waals surface area contributed by atoms with E-state index in [0.29, 0.717) is 32.7 Å². The zero-order valence-electron chi connectivity index (χ0n) is 73.9. The fourth-order valence-corrected chi connectivity index (χ4v) is 11.4. The average molecular weight is 1600 g/mol. The third-order valence-electron chi connectivity index (χ3n) is 17.7. The number of allylic oxidation sites excluding steroid dienone is 8. The van der Waals surface area contributed by atoms with Crippen molar-refractivity contribution in [3.05, 3.63) is 48.6 Å². The zero-order valence-corrected chi connectivity index (χ0v) is 77.6. The summed E-state index contributed by atoms with van der Waals surface area (Å²) in [6, 6.07) is 0. The number of hydrogen-bond acceptors (Lipinski definition) is 16. The molecule has 0 heterocycles. The first-order valence-electron chi connectivity index (χ1n) is 43.4. The van der Waals surface area contributed by atoms with Crippen LogP contribution in [0.1, 0.15) is 396 Å². The first-order chi connectivity index (χ1) is 52.2. The number of nitrogens with zero attached hydrogens (tertiary/aromatic N) is 3. The molecule has 0 aliphatic carbocycles. The van der Waals surface area contributed by atoms with Crippen molar-refractivity contribution < 1.29 is 119 Å². The monoisotopic (exact) mass is 1600 g/mol. The summed E-state index contributed by atoms with van der Waals surface area (Å²) in [6.07, 6.45) is 91.3. The second kappa shape index (κ2) is 120. The number of carbonyl (C=O) groups is 4. The molecule has 0 bridgehead atoms. The van der Waals surface area contributed by atoms with E-state index in [2.05, 4.69) is 113 Å². The van der Waals surface area contributed by atoms with Crippen LogP contribution in [0.5, 0.6) is 0 Å². The molecular weight excluding hydrogens is 1430 g/mol. The number of methoxy groups -OCH3 is 1. The number of nitrogens with two attached hydrogens (primary N) is 1. The van der Waals surface area contributed by atoms with E-state index >= 15 is 0 Å². The SMILES string of the molecule is C.CCCCCCCC/C=C\CCCCCCCCN.CCCCCCCC/C=C\CCCCCCCCN=C=O.CCCCCCCC/C=C\CCCCCCCCNC(=O)OCC(CN(C)C)OC(=O)NCCCCCCCC/C=C\CCCCCCCC.CN(C)CC(O)CO.COC(=O)Cl.O=CO[O-].[H-].[Na+].[Na+]. The summed E-state index contributed by atoms with van der Waals surface area (Å²) in [5.74, 6) is 0. The first-order valence-corrected chi connectivity index (χ1v) is 43.8. The molecule has 18 nitrogen and oxygen atoms in total. The Hall–Kier alpha value is -2.13. The Bertz CT molecular complexity index is 1920. The molecule has 0 aromatic rings. The number of alkyl carbamates (subject to hydrolysis) is 2. The van der Waals surface area contributed by atoms with Crippen molar-refractivity contribution in [1.29, 1.82) is 0 Å². The van der Waals surface area contributed by atoms with Crippen molar-refractivity contribution in [3.8, 4) is 0 Å². The van der Waals surface area contributed by atoms with Gasteiger partial charge in [0.05, 0.1) is 26.4 Å². The summed E-state index contributed by atoms with van der Waals surface area (Å²) in [4.78, 5) is 62.4. The van der Waals surface area contributed by atoms with Crippen molar-refractivity contribution in [1.82, 2.24) is 20.4 Å². The third-order valence-corrected chi connectivity index (χ3v) is 17.9. The van der Waals surface area contributed by atoms with Gasteiger partial charge in [-0.2, -0.15) is 0 Å². The van der Waals surface area contributed by atoms with Crippen molar-refractivity contribution in [3.63, 3.8) is 0 Å². The number of hydrogen-bond donors (Lipinski definition) is 5. The van der Waals surface area contributed by atoms with Crippen LogP contribution in [0.2, 0.25) is 0 Å². The van der Waals surface area contributed by atoms with Gasteiger partial charge in [-0.25, -0.2) is 24.2 Å². The summed E-state index contributed by atoms with van der Waals surface area (Å²) < 4.78 is 14.8. The summed E-state index contributed by atoms with van der Waals surface area (Å²) >= 11 is 4.60. The molecule has 0 radical (unpaired) electrons. The van der Waals surface area contributed by atoms with Crippen LogP contribution in [0, 0.1) is 0 Å². The van der Waals surface area contributed by atoms with E-state index in [1.165, 1.54) is 335 Å². The van der Waals surface area contributed by atoms with E-state index in [1.54, 1.807) is 6.08 Å². The predicted molar refractivity (Wildman–Crippen MR) is 461 cm³/mol. The Labute approximate surface area is 729 Å². The average Bonchev–Trinajstić information content (AvgIpc) is 0.943. The van der Waals surface area contributed by atoms with Crippen molar-refractivity contribution >= 4 is 41.8 Å². The normalized spacial score (nSPS) is 11.2. The van der Waals surface area contributed by atoms with Gasteiger partial charge in [-0.15, -0.1) is 0 Å². The van der Waals surface area contributed by atoms with Crippen LogP contribution < -0.4 is 80.7 Å². The number of carbonyl (C=O) groups excluding carboxylic acids is 5. The predicted octanol–water partition coefficient (Wildman–Crippen LogP) is 17.9. The minimum atomic E-state index is -0.773. The molecular formula is C89H177ClN6Na2O12. The van der Waals surface area contributed by atoms with Gasteiger partial charge in [0.2, 0.25) is 6.08 Å². The smallest absolute Gasteiger partial charge is 1.00 e. The van der Waals surface area contributed by atoms with E-state index in [4.69, 9.17) is 35.5 Å². The summed E-state index contributed by atoms with van der Waals surface area (Å²) in [6.45, 7) is 12.5. The number of isocyanates is 1. The van der Waals surface area contributed by atoms with Crippen LogP contribution in [0.25, 0.3) is 0 Å². The van der Waals surface area contributed by atoms with E-state index < -0.39 is 29.8 Å². The van der Waals surface area contributed by atoms with Crippen LogP contribution in [-0.4, -0.2) is 150 Å². The second-order valence-corrected chi connectivity index (χ2v) is 29.3. The topological polar surface area (TPSA) is 255 Å². The number of aliphatic hydroxyl groups excluding tert-OH is 2. The van der Waals surface area contributed by atoms with Crippen LogP contribution in [-0.2, 0) is 28.7 Å². The summed E-state index contributed by atoms with van der Waals surface area (Å²) in [5, 5.41) is 31.2. The molecule has 0 saturated carbocycles. The number of unbranched alkanes of at least 4 members (excludes halogenated alkanes) is 48. The third kappa shape index (κ3) is 138. The Morgan fingerprint density at radius 3 is 0.964 bits per heavy atom. The molecule has 644 valence electrons. The molecule has 21 heteroatoms. The second-order valence-electron chi connectivity index (χ2n) is 29.0. The molecule has 0 aliphatic heterocycles. The van der Waals surface area contributed by atoms with E-state index in [1.807, 2.05) is 38.0 Å². The van der Waals surface area contributed by atoms with Gasteiger partial charge in [0.25, 0.3) is 6.47 Å². The fourth-order valence-electron chi connectivity index (χ4n) is 11.4. The van der Waals surface area contributed by atoms with Crippen LogP contribution in [0.15, 0.2) is 53.6 Å². The van der Waals surface area contributed by atoms with Gasteiger partial charge in [-0.1, -0.05) is 315 Å². The largest absolute Gasteiger partial charge is 1.00 e. The van der Waals surface area contributed by atoms with Gasteiger partial charge >= 0.3 is 76.7 Å². The molecule has 0 rings (SSSR count). The van der Waals surface area contributed by atoms with E-state index in [9.17, 15) is 19.2 Å². The van der Waals surface area contributed by atoms with Crippen molar-refractivity contribution in [2.75, 3.05) is 87.8 Å². The Morgan fingerprint density at radius 2 is 0.727 bits per heavy atom. The molecule has 0 spiro atoms. The Balaban J connectivity index is -0.000000171. The molecule has 2 unspecified atom stereocenters. The molecule has 0 aliphatic rings. The van der Waals surface area contributed by atoms with Crippen molar-refractivity contribution in [2.24, 2.45) is 10.7 Å². The standard InChI is InChI=1S/C43H83N3O4.C19H35NO.C18H37N.C5H13NO2.C2H3ClO2.CH2O3.CH4.2Na.H/c1-5-7-9-11-13-15-17-19-21-23-25-27-29-31-33-35-37-44-42(47)49-40-41(39-46(3)4)50-43(48)45-38-36-34-32-30-28-26-24-22-20-18-16-14-12-10-8-6-2;1-2-3-4-5-6-7-8-9-10-11-12-13-14-15-16-17-18-20-19-21;1-2-3-4-5-6-7-8-9-10-11-12-13-14-15-16-17-18-19;1-6(2)3-5(8)4-7;1-5-2(3)4;2-1-4-3;;;;/h19-22,41H,5-18,23-40H2,1-4H3,(H,44,47)(H,45,48);9-10H,2-8,11-18H2,1H3;9-10H,2-8,11-19H2,1H3;5,7-8H,3-4H2,1-2H3;1H3;1,3H;1H4;;;/q;;;;;;;2*+1;-1/p-1/b21-19-,22-20-;2*10-9-;;;;;;;. The molecule has 0 fully saturated rings. The maximum Gasteiger partial charge on any atom is 1.00 e. The number of likely N-dealkylation sites (N-methyl/N-ethyl adjacent to an activating group) is 2. The molecule has 0 saturated heterocycles.